The minimum absolute atomic E-state index is 0.0194. The number of hydrogen-bond donors (Lipinski definition) is 2. The number of carbonyl (C=O) groups is 2. The normalized spacial score (nSPS) is 12.7. The molecule has 1 aliphatic heterocycles. The molecule has 0 aliphatic carbocycles. The third-order valence-corrected chi connectivity index (χ3v) is 4.69. The zero-order valence-corrected chi connectivity index (χ0v) is 15.2. The molecule has 3 aromatic rings. The smallest absolute Gasteiger partial charge is 0.262 e. The van der Waals surface area contributed by atoms with Crippen LogP contribution in [-0.4, -0.2) is 18.4 Å². The molecule has 0 saturated carbocycles. The van der Waals surface area contributed by atoms with Crippen LogP contribution in [-0.2, 0) is 9.59 Å². The largest absolute Gasteiger partial charge is 0.482 e. The van der Waals surface area contributed by atoms with E-state index in [1.807, 2.05) is 60.7 Å². The highest BCUT2D eigenvalue weighted by atomic mass is 16.5. The number of benzene rings is 3. The molecule has 0 atom stereocenters. The number of fused-ring (bicyclic) bond motifs is 1. The average Bonchev–Trinajstić information content (AvgIpc) is 2.73. The van der Waals surface area contributed by atoms with E-state index in [0.29, 0.717) is 23.5 Å². The van der Waals surface area contributed by atoms with E-state index in [1.165, 1.54) is 0 Å². The monoisotopic (exact) mass is 372 g/mol. The third-order valence-electron chi connectivity index (χ3n) is 4.69. The van der Waals surface area contributed by atoms with E-state index in [9.17, 15) is 9.59 Å². The molecule has 4 rings (SSSR count). The van der Waals surface area contributed by atoms with Crippen LogP contribution in [0.25, 0.3) is 0 Å². The van der Waals surface area contributed by atoms with Gasteiger partial charge >= 0.3 is 0 Å². The summed E-state index contributed by atoms with van der Waals surface area (Å²) < 4.78 is 5.41. The highest BCUT2D eigenvalue weighted by Crippen LogP contribution is 2.32. The minimum atomic E-state index is -0.183. The Bertz CT molecular complexity index is 948. The molecule has 0 aromatic heterocycles. The van der Waals surface area contributed by atoms with Crippen molar-refractivity contribution in [2.75, 3.05) is 17.2 Å². The highest BCUT2D eigenvalue weighted by Gasteiger charge is 2.20. The maximum atomic E-state index is 12.8. The molecule has 0 unspecified atom stereocenters. The van der Waals surface area contributed by atoms with Gasteiger partial charge in [0.15, 0.2) is 6.61 Å². The molecule has 28 heavy (non-hydrogen) atoms. The van der Waals surface area contributed by atoms with Crippen molar-refractivity contribution in [3.63, 3.8) is 0 Å². The summed E-state index contributed by atoms with van der Waals surface area (Å²) in [7, 11) is 0. The quantitative estimate of drug-likeness (QED) is 0.706. The summed E-state index contributed by atoms with van der Waals surface area (Å²) in [5, 5.41) is 5.68. The number of anilines is 2. The Hall–Kier alpha value is -3.60. The summed E-state index contributed by atoms with van der Waals surface area (Å²) in [4.78, 5) is 24.1. The molecule has 0 radical (unpaired) electrons. The zero-order valence-electron chi connectivity index (χ0n) is 15.2. The van der Waals surface area contributed by atoms with Gasteiger partial charge in [0.25, 0.3) is 5.91 Å². The van der Waals surface area contributed by atoms with Gasteiger partial charge < -0.3 is 15.4 Å². The minimum Gasteiger partial charge on any atom is -0.482 e. The van der Waals surface area contributed by atoms with E-state index in [0.717, 1.165) is 11.1 Å². The molecule has 0 saturated heterocycles. The van der Waals surface area contributed by atoms with Crippen LogP contribution in [0.4, 0.5) is 11.4 Å². The fourth-order valence-electron chi connectivity index (χ4n) is 3.35. The van der Waals surface area contributed by atoms with Gasteiger partial charge in [-0.3, -0.25) is 9.59 Å². The van der Waals surface area contributed by atoms with E-state index < -0.39 is 0 Å². The number of rotatable bonds is 5. The topological polar surface area (TPSA) is 67.4 Å². The van der Waals surface area contributed by atoms with Crippen molar-refractivity contribution in [1.29, 1.82) is 0 Å². The predicted molar refractivity (Wildman–Crippen MR) is 109 cm³/mol. The summed E-state index contributed by atoms with van der Waals surface area (Å²) in [6, 6.07) is 25.3. The molecule has 0 bridgehead atoms. The first kappa shape index (κ1) is 17.8. The lowest BCUT2D eigenvalue weighted by molar-refractivity contribution is -0.118. The molecule has 2 N–H and O–H groups in total. The fourth-order valence-corrected chi connectivity index (χ4v) is 3.35. The molecule has 1 heterocycles. The van der Waals surface area contributed by atoms with Crippen LogP contribution in [0, 0.1) is 0 Å². The lowest BCUT2D eigenvalue weighted by Gasteiger charge is -2.20. The van der Waals surface area contributed by atoms with Crippen molar-refractivity contribution < 1.29 is 14.3 Å². The van der Waals surface area contributed by atoms with Crippen LogP contribution in [0.15, 0.2) is 78.9 Å². The first-order valence-electron chi connectivity index (χ1n) is 9.15. The van der Waals surface area contributed by atoms with Gasteiger partial charge in [-0.25, -0.2) is 0 Å². The number of amides is 2. The summed E-state index contributed by atoms with van der Waals surface area (Å²) >= 11 is 0. The van der Waals surface area contributed by atoms with Crippen molar-refractivity contribution in [2.45, 2.75) is 12.3 Å². The molecule has 5 nitrogen and oxygen atoms in total. The Balaban J connectivity index is 1.52. The summed E-state index contributed by atoms with van der Waals surface area (Å²) in [6.07, 6.45) is 0.322. The molecule has 3 aromatic carbocycles. The van der Waals surface area contributed by atoms with Crippen LogP contribution in [0.2, 0.25) is 0 Å². The van der Waals surface area contributed by atoms with E-state index >= 15 is 0 Å². The van der Waals surface area contributed by atoms with Crippen LogP contribution in [0.3, 0.4) is 0 Å². The molecular weight excluding hydrogens is 352 g/mol. The second-order valence-electron chi connectivity index (χ2n) is 6.67. The Labute approximate surface area is 163 Å². The first-order valence-corrected chi connectivity index (χ1v) is 9.15. The third kappa shape index (κ3) is 4.04. The lowest BCUT2D eigenvalue weighted by atomic mass is 9.88. The fraction of sp³-hybridized carbons (Fsp3) is 0.130. The van der Waals surface area contributed by atoms with Gasteiger partial charge in [0.2, 0.25) is 5.91 Å². The van der Waals surface area contributed by atoms with Gasteiger partial charge in [-0.2, -0.15) is 0 Å². The second kappa shape index (κ2) is 7.96. The van der Waals surface area contributed by atoms with Gasteiger partial charge in [-0.15, -0.1) is 0 Å². The van der Waals surface area contributed by atoms with Gasteiger partial charge in [0, 0.05) is 24.1 Å². The van der Waals surface area contributed by atoms with Crippen molar-refractivity contribution in [3.8, 4) is 5.75 Å². The first-order chi connectivity index (χ1) is 13.7. The van der Waals surface area contributed by atoms with Gasteiger partial charge in [-0.1, -0.05) is 60.7 Å². The van der Waals surface area contributed by atoms with Crippen LogP contribution >= 0.6 is 0 Å². The highest BCUT2D eigenvalue weighted by molar-refractivity contribution is 5.97. The maximum Gasteiger partial charge on any atom is 0.262 e. The van der Waals surface area contributed by atoms with E-state index in [1.54, 1.807) is 18.2 Å². The Kier molecular flexibility index (Phi) is 5.06. The average molecular weight is 372 g/mol. The van der Waals surface area contributed by atoms with Crippen LogP contribution < -0.4 is 15.4 Å². The standard InChI is InChI=1S/C23H20N2O3/c26-22(24-18-11-12-20-21(13-18)28-15-23(27)25-20)14-19(16-7-3-1-4-8-16)17-9-5-2-6-10-17/h1-13,19H,14-15H2,(H,24,26)(H,25,27). The Morgan fingerprint density at radius 3 is 2.25 bits per heavy atom. The van der Waals surface area contributed by atoms with Crippen molar-refractivity contribution in [1.82, 2.24) is 0 Å². The molecule has 140 valence electrons. The molecular formula is C23H20N2O3. The van der Waals surface area contributed by atoms with Gasteiger partial charge in [0.1, 0.15) is 5.75 Å². The summed E-state index contributed by atoms with van der Waals surface area (Å²) in [6.45, 7) is -0.0194. The van der Waals surface area contributed by atoms with E-state index in [4.69, 9.17) is 4.74 Å². The number of carbonyl (C=O) groups excluding carboxylic acids is 2. The Morgan fingerprint density at radius 1 is 0.964 bits per heavy atom. The molecule has 1 aliphatic rings. The van der Waals surface area contributed by atoms with Gasteiger partial charge in [-0.05, 0) is 23.3 Å². The van der Waals surface area contributed by atoms with Crippen LogP contribution in [0.1, 0.15) is 23.5 Å². The molecule has 2 amide bonds. The number of hydrogen-bond acceptors (Lipinski definition) is 3. The maximum absolute atomic E-state index is 12.8. The van der Waals surface area contributed by atoms with Crippen molar-refractivity contribution in [3.05, 3.63) is 90.0 Å². The van der Waals surface area contributed by atoms with Crippen LogP contribution in [0.5, 0.6) is 5.75 Å². The number of nitrogens with one attached hydrogen (secondary N) is 2. The number of ether oxygens (including phenoxy) is 1. The summed E-state index contributed by atoms with van der Waals surface area (Å²) in [5.41, 5.74) is 3.45. The predicted octanol–water partition coefficient (Wildman–Crippen LogP) is 4.18. The van der Waals surface area contributed by atoms with E-state index in [-0.39, 0.29) is 24.3 Å². The summed E-state index contributed by atoms with van der Waals surface area (Å²) in [5.74, 6) is 0.256. The van der Waals surface area contributed by atoms with Gasteiger partial charge in [0.05, 0.1) is 5.69 Å². The molecule has 0 spiro atoms. The zero-order chi connectivity index (χ0) is 19.3. The van der Waals surface area contributed by atoms with E-state index in [2.05, 4.69) is 10.6 Å². The Morgan fingerprint density at radius 2 is 1.61 bits per heavy atom. The molecule has 5 heteroatoms. The lowest BCUT2D eigenvalue weighted by Crippen LogP contribution is -2.25. The SMILES string of the molecule is O=C(CC(c1ccccc1)c1ccccc1)Nc1ccc2c(c1)OCC(=O)N2. The van der Waals surface area contributed by atoms with Crippen molar-refractivity contribution in [2.24, 2.45) is 0 Å². The van der Waals surface area contributed by atoms with Crippen molar-refractivity contribution >= 4 is 23.2 Å². The second-order valence-corrected chi connectivity index (χ2v) is 6.67. The molecule has 0 fully saturated rings.